The Morgan fingerprint density at radius 1 is 0.970 bits per heavy atom. The fraction of sp³-hybridized carbons (Fsp3) is 0.346. The maximum atomic E-state index is 5.77. The molecule has 3 heterocycles. The van der Waals surface area contributed by atoms with Crippen molar-refractivity contribution in [1.29, 1.82) is 0 Å². The lowest BCUT2D eigenvalue weighted by Crippen LogP contribution is -2.25. The number of hydrogen-bond donors (Lipinski definition) is 0. The molecular formula is C26H29N5O2. The fourth-order valence-corrected chi connectivity index (χ4v) is 3.55. The zero-order valence-corrected chi connectivity index (χ0v) is 19.4. The molecule has 0 amide bonds. The van der Waals surface area contributed by atoms with Crippen LogP contribution in [0.4, 0.5) is 0 Å². The minimum absolute atomic E-state index is 0.293. The van der Waals surface area contributed by atoms with Crippen molar-refractivity contribution in [2.24, 2.45) is 15.7 Å². The predicted octanol–water partition coefficient (Wildman–Crippen LogP) is 4.73. The second-order valence-corrected chi connectivity index (χ2v) is 8.95. The van der Waals surface area contributed by atoms with Gasteiger partial charge in [-0.2, -0.15) is 0 Å². The van der Waals surface area contributed by atoms with E-state index in [0.717, 1.165) is 47.6 Å². The van der Waals surface area contributed by atoms with Crippen LogP contribution in [-0.4, -0.2) is 39.6 Å². The number of fused-ring (bicyclic) bond motifs is 1. The zero-order valence-electron chi connectivity index (χ0n) is 19.4. The van der Waals surface area contributed by atoms with Crippen LogP contribution in [0.1, 0.15) is 54.9 Å². The van der Waals surface area contributed by atoms with Crippen molar-refractivity contribution >= 4 is 11.4 Å². The van der Waals surface area contributed by atoms with E-state index >= 15 is 0 Å². The smallest absolute Gasteiger partial charge is 0.135 e. The van der Waals surface area contributed by atoms with Gasteiger partial charge >= 0.3 is 0 Å². The van der Waals surface area contributed by atoms with Gasteiger partial charge in [-0.1, -0.05) is 36.3 Å². The van der Waals surface area contributed by atoms with Gasteiger partial charge in [0.15, 0.2) is 0 Å². The van der Waals surface area contributed by atoms with Gasteiger partial charge in [0.05, 0.1) is 11.4 Å². The minimum Gasteiger partial charge on any atom is -0.395 e. The summed E-state index contributed by atoms with van der Waals surface area (Å²) in [6, 6.07) is 13.7. The second-order valence-electron chi connectivity index (χ2n) is 8.95. The molecule has 7 heteroatoms. The van der Waals surface area contributed by atoms with E-state index in [1.165, 1.54) is 5.56 Å². The summed E-state index contributed by atoms with van der Waals surface area (Å²) in [6.45, 7) is 6.90. The van der Waals surface area contributed by atoms with Crippen LogP contribution < -0.4 is 0 Å². The van der Waals surface area contributed by atoms with Crippen LogP contribution in [0, 0.1) is 12.3 Å². The molecule has 170 valence electrons. The summed E-state index contributed by atoms with van der Waals surface area (Å²) in [7, 11) is 0. The molecule has 7 nitrogen and oxygen atoms in total. The van der Waals surface area contributed by atoms with Gasteiger partial charge in [0.25, 0.3) is 0 Å². The predicted molar refractivity (Wildman–Crippen MR) is 128 cm³/mol. The van der Waals surface area contributed by atoms with Gasteiger partial charge in [-0.3, -0.25) is 15.0 Å². The van der Waals surface area contributed by atoms with Crippen molar-refractivity contribution in [3.05, 3.63) is 89.3 Å². The zero-order chi connectivity index (χ0) is 23.1. The number of pyridine rings is 3. The maximum absolute atomic E-state index is 5.77. The molecule has 0 saturated heterocycles. The third-order valence-corrected chi connectivity index (χ3v) is 5.35. The summed E-state index contributed by atoms with van der Waals surface area (Å²) in [4.78, 5) is 24.7. The molecule has 1 aliphatic carbocycles. The molecule has 0 saturated carbocycles. The van der Waals surface area contributed by atoms with E-state index in [-0.39, 0.29) is 5.41 Å². The third kappa shape index (κ3) is 6.00. The second kappa shape index (κ2) is 10.3. The molecule has 1 aliphatic rings. The van der Waals surface area contributed by atoms with E-state index < -0.39 is 0 Å². The molecule has 0 unspecified atom stereocenters. The number of aromatic nitrogens is 3. The fourth-order valence-electron chi connectivity index (χ4n) is 3.55. The molecule has 4 rings (SSSR count). The van der Waals surface area contributed by atoms with Crippen LogP contribution in [0.3, 0.4) is 0 Å². The first-order valence-corrected chi connectivity index (χ1v) is 11.2. The summed E-state index contributed by atoms with van der Waals surface area (Å²) in [6.07, 6.45) is 8.17. The Morgan fingerprint density at radius 2 is 1.79 bits per heavy atom. The van der Waals surface area contributed by atoms with E-state index in [9.17, 15) is 0 Å². The highest BCUT2D eigenvalue weighted by molar-refractivity contribution is 6.11. The summed E-state index contributed by atoms with van der Waals surface area (Å²) in [5.74, 6) is 0. The normalized spacial score (nSPS) is 15.2. The Morgan fingerprint density at radius 3 is 2.58 bits per heavy atom. The topological polar surface area (TPSA) is 81.9 Å². The van der Waals surface area contributed by atoms with Crippen LogP contribution in [0.5, 0.6) is 0 Å². The van der Waals surface area contributed by atoms with Crippen molar-refractivity contribution in [2.45, 2.75) is 40.0 Å². The molecule has 0 aliphatic heterocycles. The lowest BCUT2D eigenvalue weighted by Gasteiger charge is -2.22. The van der Waals surface area contributed by atoms with E-state index in [4.69, 9.17) is 9.68 Å². The lowest BCUT2D eigenvalue weighted by atomic mass is 9.94. The number of aryl methyl sites for hydroxylation is 2. The van der Waals surface area contributed by atoms with Crippen LogP contribution in [0.15, 0.2) is 71.4 Å². The van der Waals surface area contributed by atoms with Gasteiger partial charge in [-0.15, -0.1) is 0 Å². The van der Waals surface area contributed by atoms with Crippen molar-refractivity contribution < 1.29 is 9.68 Å². The van der Waals surface area contributed by atoms with Crippen LogP contribution in [0.2, 0.25) is 0 Å². The summed E-state index contributed by atoms with van der Waals surface area (Å²) in [5, 5.41) is 8.85. The van der Waals surface area contributed by atoms with Gasteiger partial charge in [0.2, 0.25) is 0 Å². The first kappa shape index (κ1) is 22.6. The standard InChI is InChI=1S/C26H29N5O2/c1-19-10-11-20-7-6-9-23(24(20)29-19)30-32-17-26(2,3)18-33-31-25(21-12-15-27-16-13-21)22-8-4-5-14-28-22/h4-5,8,10-16H,6-7,9,17-18H2,1-3H3/b30-23+,31-25+. The van der Waals surface area contributed by atoms with Gasteiger partial charge < -0.3 is 9.68 Å². The van der Waals surface area contributed by atoms with E-state index in [2.05, 4.69) is 51.2 Å². The first-order valence-electron chi connectivity index (χ1n) is 11.2. The molecule has 0 spiro atoms. The monoisotopic (exact) mass is 443 g/mol. The average Bonchev–Trinajstić information content (AvgIpc) is 2.83. The Hall–Kier alpha value is -3.61. The Labute approximate surface area is 194 Å². The molecule has 3 aromatic heterocycles. The van der Waals surface area contributed by atoms with Crippen molar-refractivity contribution in [3.63, 3.8) is 0 Å². The summed E-state index contributed by atoms with van der Waals surface area (Å²) in [5.41, 5.74) is 6.12. The van der Waals surface area contributed by atoms with E-state index in [1.54, 1.807) is 18.6 Å². The van der Waals surface area contributed by atoms with Crippen LogP contribution in [0.25, 0.3) is 0 Å². The molecule has 0 N–H and O–H groups in total. The van der Waals surface area contributed by atoms with Gasteiger partial charge in [-0.25, -0.2) is 0 Å². The summed E-state index contributed by atoms with van der Waals surface area (Å²) >= 11 is 0. The van der Waals surface area contributed by atoms with Crippen molar-refractivity contribution in [3.8, 4) is 0 Å². The van der Waals surface area contributed by atoms with Gasteiger partial charge in [0, 0.05) is 35.3 Å². The number of rotatable bonds is 8. The van der Waals surface area contributed by atoms with Crippen LogP contribution >= 0.6 is 0 Å². The van der Waals surface area contributed by atoms with Crippen molar-refractivity contribution in [1.82, 2.24) is 15.0 Å². The number of hydrogen-bond acceptors (Lipinski definition) is 7. The first-order chi connectivity index (χ1) is 16.0. The third-order valence-electron chi connectivity index (χ3n) is 5.35. The highest BCUT2D eigenvalue weighted by atomic mass is 16.6. The molecule has 0 bridgehead atoms. The largest absolute Gasteiger partial charge is 0.395 e. The SMILES string of the molecule is Cc1ccc2c(n1)/C(=N/OCC(C)(C)CO/N=C(\c1ccncc1)c1ccccn1)CCC2. The number of nitrogens with zero attached hydrogens (tertiary/aromatic N) is 5. The van der Waals surface area contributed by atoms with Crippen LogP contribution in [-0.2, 0) is 16.1 Å². The molecular weight excluding hydrogens is 414 g/mol. The highest BCUT2D eigenvalue weighted by Crippen LogP contribution is 2.22. The average molecular weight is 444 g/mol. The molecule has 0 radical (unpaired) electrons. The summed E-state index contributed by atoms with van der Waals surface area (Å²) < 4.78 is 0. The molecule has 33 heavy (non-hydrogen) atoms. The van der Waals surface area contributed by atoms with E-state index in [1.807, 2.05) is 37.3 Å². The molecule has 3 aromatic rings. The molecule has 0 fully saturated rings. The van der Waals surface area contributed by atoms with Gasteiger partial charge in [0.1, 0.15) is 24.6 Å². The Kier molecular flexibility index (Phi) is 7.07. The maximum Gasteiger partial charge on any atom is 0.135 e. The van der Waals surface area contributed by atoms with E-state index in [0.29, 0.717) is 18.9 Å². The minimum atomic E-state index is -0.293. The quantitative estimate of drug-likeness (QED) is 0.371. The Balaban J connectivity index is 1.40. The lowest BCUT2D eigenvalue weighted by molar-refractivity contribution is -0.0000658. The number of oxime groups is 2. The van der Waals surface area contributed by atoms with Crippen molar-refractivity contribution in [2.75, 3.05) is 13.2 Å². The Bertz CT molecular complexity index is 1090. The molecule has 0 atom stereocenters. The highest BCUT2D eigenvalue weighted by Gasteiger charge is 2.22. The molecule has 0 aromatic carbocycles. The van der Waals surface area contributed by atoms with Gasteiger partial charge in [-0.05, 0) is 62.1 Å².